The molecule has 0 aliphatic rings. The second kappa shape index (κ2) is 10.5. The Balaban J connectivity index is 2.08. The van der Waals surface area contributed by atoms with Gasteiger partial charge in [0.15, 0.2) is 0 Å². The Morgan fingerprint density at radius 3 is 1.67 bits per heavy atom. The predicted molar refractivity (Wildman–Crippen MR) is 120 cm³/mol. The minimum absolute atomic E-state index is 0.0795. The van der Waals surface area contributed by atoms with Crippen molar-refractivity contribution in [2.75, 3.05) is 13.2 Å². The standard InChI is InChI=1S/C25H26N2O3/c1-18(26-22(16-28)19-10-4-2-5-11-19)25(21-14-8-9-15-24(21)30)27-23(17-29)20-12-6-3-7-13-20/h2-15,22-23,28-30H,16-17H2,1H3/t22-,23-/m1/s1. The minimum atomic E-state index is -0.504. The van der Waals surface area contributed by atoms with Crippen LogP contribution in [0.25, 0.3) is 0 Å². The van der Waals surface area contributed by atoms with Crippen LogP contribution >= 0.6 is 0 Å². The van der Waals surface area contributed by atoms with Crippen molar-refractivity contribution in [2.24, 2.45) is 9.98 Å². The number of aliphatic hydroxyl groups excluding tert-OH is 2. The molecule has 154 valence electrons. The number of aromatic hydroxyl groups is 1. The molecule has 3 aromatic carbocycles. The number of hydrogen-bond acceptors (Lipinski definition) is 5. The molecule has 0 heterocycles. The largest absolute Gasteiger partial charge is 0.507 e. The van der Waals surface area contributed by atoms with Gasteiger partial charge in [-0.25, -0.2) is 0 Å². The highest BCUT2D eigenvalue weighted by Gasteiger charge is 2.18. The molecule has 5 nitrogen and oxygen atoms in total. The van der Waals surface area contributed by atoms with Crippen LogP contribution in [0.4, 0.5) is 0 Å². The SMILES string of the molecule is CC(=N[C@H](CO)c1ccccc1)C(=N[C@H](CO)c1ccccc1)c1ccccc1O. The Morgan fingerprint density at radius 1 is 0.700 bits per heavy atom. The van der Waals surface area contributed by atoms with Crippen LogP contribution in [0.2, 0.25) is 0 Å². The number of phenols is 1. The monoisotopic (exact) mass is 402 g/mol. The summed E-state index contributed by atoms with van der Waals surface area (Å²) in [4.78, 5) is 9.48. The van der Waals surface area contributed by atoms with Crippen LogP contribution < -0.4 is 0 Å². The van der Waals surface area contributed by atoms with E-state index in [1.54, 1.807) is 25.1 Å². The zero-order valence-corrected chi connectivity index (χ0v) is 16.9. The third-order valence-corrected chi connectivity index (χ3v) is 4.85. The number of para-hydroxylation sites is 1. The van der Waals surface area contributed by atoms with Gasteiger partial charge < -0.3 is 15.3 Å². The van der Waals surface area contributed by atoms with Gasteiger partial charge >= 0.3 is 0 Å². The normalized spacial score (nSPS) is 14.4. The van der Waals surface area contributed by atoms with Gasteiger partial charge in [0.1, 0.15) is 5.75 Å². The van der Waals surface area contributed by atoms with Gasteiger partial charge in [-0.1, -0.05) is 72.8 Å². The van der Waals surface area contributed by atoms with Crippen LogP contribution in [0.15, 0.2) is 94.9 Å². The summed E-state index contributed by atoms with van der Waals surface area (Å²) in [5.74, 6) is 0.0795. The lowest BCUT2D eigenvalue weighted by Crippen LogP contribution is -2.18. The van der Waals surface area contributed by atoms with E-state index in [1.165, 1.54) is 0 Å². The van der Waals surface area contributed by atoms with Crippen LogP contribution in [-0.4, -0.2) is 40.0 Å². The predicted octanol–water partition coefficient (Wildman–Crippen LogP) is 4.11. The maximum absolute atomic E-state index is 10.4. The zero-order valence-electron chi connectivity index (χ0n) is 16.9. The molecule has 0 spiro atoms. The maximum atomic E-state index is 10.4. The molecular formula is C25H26N2O3. The smallest absolute Gasteiger partial charge is 0.125 e. The molecule has 3 N–H and O–H groups in total. The van der Waals surface area contributed by atoms with Crippen LogP contribution in [0.5, 0.6) is 5.75 Å². The molecule has 0 aliphatic heterocycles. The summed E-state index contributed by atoms with van der Waals surface area (Å²) in [5.41, 5.74) is 3.32. The lowest BCUT2D eigenvalue weighted by Gasteiger charge is -2.17. The average molecular weight is 402 g/mol. The average Bonchev–Trinajstić information content (AvgIpc) is 2.80. The number of hydrogen-bond donors (Lipinski definition) is 3. The van der Waals surface area contributed by atoms with E-state index in [9.17, 15) is 15.3 Å². The lowest BCUT2D eigenvalue weighted by molar-refractivity contribution is 0.268. The Bertz CT molecular complexity index is 1000. The van der Waals surface area contributed by atoms with Gasteiger partial charge in [0, 0.05) is 5.56 Å². The molecule has 0 radical (unpaired) electrons. The number of nitrogens with zero attached hydrogens (tertiary/aromatic N) is 2. The number of benzene rings is 3. The van der Waals surface area contributed by atoms with Crippen LogP contribution in [0.3, 0.4) is 0 Å². The first-order valence-electron chi connectivity index (χ1n) is 9.86. The summed E-state index contributed by atoms with van der Waals surface area (Å²) in [6.07, 6.45) is 0. The van der Waals surface area contributed by atoms with Gasteiger partial charge in [0.05, 0.1) is 36.7 Å². The first kappa shape index (κ1) is 21.4. The molecule has 0 saturated heterocycles. The van der Waals surface area contributed by atoms with Crippen molar-refractivity contribution in [2.45, 2.75) is 19.0 Å². The molecule has 3 rings (SSSR count). The van der Waals surface area contributed by atoms with Crippen LogP contribution in [-0.2, 0) is 0 Å². The molecule has 2 atom stereocenters. The fourth-order valence-electron chi connectivity index (χ4n) is 3.27. The molecule has 0 unspecified atom stereocenters. The van der Waals surface area contributed by atoms with E-state index in [0.717, 1.165) is 11.1 Å². The molecule has 3 aromatic rings. The summed E-state index contributed by atoms with van der Waals surface area (Å²) in [6.45, 7) is 1.46. The molecule has 0 aliphatic carbocycles. The molecule has 0 fully saturated rings. The van der Waals surface area contributed by atoms with Crippen molar-refractivity contribution in [1.29, 1.82) is 0 Å². The maximum Gasteiger partial charge on any atom is 0.125 e. The second-order valence-corrected chi connectivity index (χ2v) is 6.93. The second-order valence-electron chi connectivity index (χ2n) is 6.93. The van der Waals surface area contributed by atoms with Crippen molar-refractivity contribution in [3.05, 3.63) is 102 Å². The first-order valence-corrected chi connectivity index (χ1v) is 9.86. The van der Waals surface area contributed by atoms with Gasteiger partial charge in [-0.05, 0) is 30.2 Å². The quantitative estimate of drug-likeness (QED) is 0.496. The van der Waals surface area contributed by atoms with Gasteiger partial charge in [-0.2, -0.15) is 0 Å². The molecule has 0 amide bonds. The Morgan fingerprint density at radius 2 is 1.17 bits per heavy atom. The molecule has 0 aromatic heterocycles. The van der Waals surface area contributed by atoms with E-state index >= 15 is 0 Å². The first-order chi connectivity index (χ1) is 14.6. The van der Waals surface area contributed by atoms with Crippen molar-refractivity contribution in [3.8, 4) is 5.75 Å². The number of rotatable bonds is 8. The zero-order chi connectivity index (χ0) is 21.3. The fourth-order valence-corrected chi connectivity index (χ4v) is 3.27. The van der Waals surface area contributed by atoms with E-state index in [-0.39, 0.29) is 19.0 Å². The topological polar surface area (TPSA) is 85.4 Å². The highest BCUT2D eigenvalue weighted by atomic mass is 16.3. The van der Waals surface area contributed by atoms with E-state index in [0.29, 0.717) is 17.0 Å². The van der Waals surface area contributed by atoms with Crippen molar-refractivity contribution in [3.63, 3.8) is 0 Å². The third-order valence-electron chi connectivity index (χ3n) is 4.85. The highest BCUT2D eigenvalue weighted by molar-refractivity contribution is 6.48. The Hall–Kier alpha value is -3.28. The highest BCUT2D eigenvalue weighted by Crippen LogP contribution is 2.24. The Labute approximate surface area is 176 Å². The summed E-state index contributed by atoms with van der Waals surface area (Å²) in [5, 5.41) is 30.3. The van der Waals surface area contributed by atoms with Crippen molar-refractivity contribution >= 4 is 11.4 Å². The van der Waals surface area contributed by atoms with Gasteiger partial charge in [-0.3, -0.25) is 9.98 Å². The molecule has 30 heavy (non-hydrogen) atoms. The lowest BCUT2D eigenvalue weighted by atomic mass is 10.0. The number of aliphatic imine (C=N–C) groups is 2. The molecular weight excluding hydrogens is 376 g/mol. The van der Waals surface area contributed by atoms with Gasteiger partial charge in [0.2, 0.25) is 0 Å². The molecule has 5 heteroatoms. The van der Waals surface area contributed by atoms with Crippen LogP contribution in [0, 0.1) is 0 Å². The van der Waals surface area contributed by atoms with Crippen LogP contribution in [0.1, 0.15) is 35.7 Å². The van der Waals surface area contributed by atoms with Gasteiger partial charge in [0.25, 0.3) is 0 Å². The molecule has 0 saturated carbocycles. The summed E-state index contributed by atoms with van der Waals surface area (Å²) in [6, 6.07) is 25.0. The summed E-state index contributed by atoms with van der Waals surface area (Å²) >= 11 is 0. The van der Waals surface area contributed by atoms with E-state index in [4.69, 9.17) is 9.98 Å². The summed E-state index contributed by atoms with van der Waals surface area (Å²) < 4.78 is 0. The van der Waals surface area contributed by atoms with Gasteiger partial charge in [-0.15, -0.1) is 0 Å². The van der Waals surface area contributed by atoms with E-state index in [2.05, 4.69) is 0 Å². The number of phenolic OH excluding ortho intramolecular Hbond substituents is 1. The van der Waals surface area contributed by atoms with E-state index in [1.807, 2.05) is 66.7 Å². The minimum Gasteiger partial charge on any atom is -0.507 e. The van der Waals surface area contributed by atoms with E-state index < -0.39 is 12.1 Å². The Kier molecular flexibility index (Phi) is 7.49. The fraction of sp³-hybridized carbons (Fsp3) is 0.200. The summed E-state index contributed by atoms with van der Waals surface area (Å²) in [7, 11) is 0. The van der Waals surface area contributed by atoms with Crippen molar-refractivity contribution < 1.29 is 15.3 Å². The number of aliphatic hydroxyl groups is 2. The third kappa shape index (κ3) is 5.20. The van der Waals surface area contributed by atoms with Crippen molar-refractivity contribution in [1.82, 2.24) is 0 Å². The molecule has 0 bridgehead atoms.